The first-order chi connectivity index (χ1) is 11.7. The summed E-state index contributed by atoms with van der Waals surface area (Å²) in [6, 6.07) is 6.77. The van der Waals surface area contributed by atoms with Crippen molar-refractivity contribution in [3.63, 3.8) is 0 Å². The van der Waals surface area contributed by atoms with Gasteiger partial charge in [0, 0.05) is 50.2 Å². The summed E-state index contributed by atoms with van der Waals surface area (Å²) in [5.74, 6) is -0.0731. The second-order valence-corrected chi connectivity index (χ2v) is 7.72. The van der Waals surface area contributed by atoms with Crippen LogP contribution in [0.5, 0.6) is 5.75 Å². The van der Waals surface area contributed by atoms with E-state index < -0.39 is 10.0 Å². The molecule has 0 N–H and O–H groups in total. The fourth-order valence-electron chi connectivity index (χ4n) is 2.03. The fraction of sp³-hybridized carbons (Fsp3) is 0.333. The monoisotopic (exact) mass is 388 g/mol. The molecule has 0 bridgehead atoms. The molecule has 0 unspecified atom stereocenters. The Balaban J connectivity index is 0.000000236. The van der Waals surface area contributed by atoms with Crippen molar-refractivity contribution < 1.29 is 27.2 Å². The quantitative estimate of drug-likeness (QED) is 0.589. The number of benzene rings is 1. The summed E-state index contributed by atoms with van der Waals surface area (Å²) in [5, 5.41) is 0.617. The van der Waals surface area contributed by atoms with Gasteiger partial charge >= 0.3 is 0 Å². The summed E-state index contributed by atoms with van der Waals surface area (Å²) in [6.45, 7) is 0. The largest absolute Gasteiger partial charge is 0.493 e. The Morgan fingerprint density at radius 3 is 2.24 bits per heavy atom. The number of hydrogen-bond acceptors (Lipinski definition) is 6. The number of ether oxygens (including phenoxy) is 1. The molecule has 1 aliphatic rings. The average Bonchev–Trinajstić information content (AvgIpc) is 3.14. The highest BCUT2D eigenvalue weighted by molar-refractivity contribution is 7.89. The van der Waals surface area contributed by atoms with Crippen LogP contribution in [0.4, 0.5) is 0 Å². The SMILES string of the molecule is COc1cccc2cc(S(=O)(=O)N(C)C)oc12.O=C1CCC(=O)N1Cl. The average molecular weight is 389 g/mol. The van der Waals surface area contributed by atoms with Gasteiger partial charge in [-0.1, -0.05) is 12.1 Å². The number of fused-ring (bicyclic) bond motifs is 1. The molecule has 0 radical (unpaired) electrons. The molecule has 10 heteroatoms. The highest BCUT2D eigenvalue weighted by Crippen LogP contribution is 2.30. The number of halogens is 1. The Morgan fingerprint density at radius 2 is 1.80 bits per heavy atom. The van der Waals surface area contributed by atoms with Gasteiger partial charge in [0.1, 0.15) is 0 Å². The molecule has 1 saturated heterocycles. The summed E-state index contributed by atoms with van der Waals surface area (Å²) in [7, 11) is 0.875. The van der Waals surface area contributed by atoms with Crippen LogP contribution < -0.4 is 4.74 Å². The first-order valence-electron chi connectivity index (χ1n) is 7.19. The lowest BCUT2D eigenvalue weighted by atomic mass is 10.2. The smallest absolute Gasteiger partial charge is 0.275 e. The molecular formula is C15H17ClN2O6S. The van der Waals surface area contributed by atoms with Crippen molar-refractivity contribution in [3.05, 3.63) is 24.3 Å². The van der Waals surface area contributed by atoms with E-state index in [2.05, 4.69) is 0 Å². The standard InChI is InChI=1S/C11H13NO4S.C4H4ClNO2/c1-12(2)17(13,14)10-7-8-5-4-6-9(15-3)11(8)16-10;5-6-3(7)1-2-4(6)8/h4-7H,1-3H3;1-2H2. The lowest BCUT2D eigenvalue weighted by Crippen LogP contribution is -2.21. The van der Waals surface area contributed by atoms with Crippen LogP contribution in [0.1, 0.15) is 12.8 Å². The first kappa shape index (κ1) is 19.2. The molecule has 136 valence electrons. The molecule has 1 aromatic heterocycles. The van der Waals surface area contributed by atoms with E-state index >= 15 is 0 Å². The minimum atomic E-state index is -3.55. The molecule has 2 heterocycles. The Labute approximate surface area is 150 Å². The first-order valence-corrected chi connectivity index (χ1v) is 8.97. The van der Waals surface area contributed by atoms with Crippen molar-refractivity contribution in [2.24, 2.45) is 0 Å². The highest BCUT2D eigenvalue weighted by atomic mass is 35.5. The van der Waals surface area contributed by atoms with Crippen molar-refractivity contribution in [1.82, 2.24) is 8.72 Å². The maximum Gasteiger partial charge on any atom is 0.275 e. The molecule has 8 nitrogen and oxygen atoms in total. The van der Waals surface area contributed by atoms with E-state index in [4.69, 9.17) is 20.9 Å². The number of para-hydroxylation sites is 1. The number of hydrogen-bond donors (Lipinski definition) is 0. The third-order valence-electron chi connectivity index (χ3n) is 3.43. The number of carbonyl (C=O) groups excluding carboxylic acids is 2. The van der Waals surface area contributed by atoms with Gasteiger partial charge in [0.05, 0.1) is 7.11 Å². The minimum Gasteiger partial charge on any atom is -0.493 e. The van der Waals surface area contributed by atoms with Crippen molar-refractivity contribution in [1.29, 1.82) is 0 Å². The van der Waals surface area contributed by atoms with Crippen LogP contribution in [0.2, 0.25) is 0 Å². The van der Waals surface area contributed by atoms with Gasteiger partial charge in [-0.2, -0.15) is 4.42 Å². The number of furan rings is 1. The predicted molar refractivity (Wildman–Crippen MR) is 90.6 cm³/mol. The van der Waals surface area contributed by atoms with E-state index in [0.717, 1.165) is 4.31 Å². The summed E-state index contributed by atoms with van der Waals surface area (Å²) in [6.07, 6.45) is 0.532. The Kier molecular flexibility index (Phi) is 5.71. The Bertz CT molecular complexity index is 890. The minimum absolute atomic E-state index is 0.0815. The maximum atomic E-state index is 11.9. The molecule has 0 spiro atoms. The molecule has 1 aromatic carbocycles. The van der Waals surface area contributed by atoms with Crippen molar-refractivity contribution >= 4 is 44.6 Å². The molecule has 1 fully saturated rings. The summed E-state index contributed by atoms with van der Waals surface area (Å²) < 4.78 is 36.0. The number of amides is 2. The molecular weight excluding hydrogens is 372 g/mol. The predicted octanol–water partition coefficient (Wildman–Crippen LogP) is 1.98. The second kappa shape index (κ2) is 7.42. The van der Waals surface area contributed by atoms with Crippen LogP contribution in [0, 0.1) is 0 Å². The van der Waals surface area contributed by atoms with E-state index in [1.165, 1.54) is 27.3 Å². The number of rotatable bonds is 3. The fourth-order valence-corrected chi connectivity index (χ4v) is 3.02. The van der Waals surface area contributed by atoms with E-state index in [9.17, 15) is 18.0 Å². The number of imide groups is 1. The van der Waals surface area contributed by atoms with Crippen LogP contribution in [-0.4, -0.2) is 50.2 Å². The molecule has 3 rings (SSSR count). The van der Waals surface area contributed by atoms with Crippen molar-refractivity contribution in [3.8, 4) is 5.75 Å². The van der Waals surface area contributed by atoms with Gasteiger partial charge in [-0.05, 0) is 6.07 Å². The maximum absolute atomic E-state index is 11.9. The second-order valence-electron chi connectivity index (χ2n) is 5.30. The van der Waals surface area contributed by atoms with E-state index in [-0.39, 0.29) is 29.7 Å². The van der Waals surface area contributed by atoms with Crippen LogP contribution >= 0.6 is 11.8 Å². The van der Waals surface area contributed by atoms with E-state index in [0.29, 0.717) is 21.1 Å². The number of sulfonamides is 1. The van der Waals surface area contributed by atoms with Gasteiger partial charge in [-0.3, -0.25) is 9.59 Å². The molecule has 2 amide bonds. The molecule has 25 heavy (non-hydrogen) atoms. The summed E-state index contributed by atoms with van der Waals surface area (Å²) in [4.78, 5) is 20.7. The van der Waals surface area contributed by atoms with Gasteiger partial charge in [0.15, 0.2) is 11.3 Å². The van der Waals surface area contributed by atoms with Crippen LogP contribution in [0.3, 0.4) is 0 Å². The molecule has 0 saturated carbocycles. The zero-order valence-electron chi connectivity index (χ0n) is 13.9. The summed E-state index contributed by atoms with van der Waals surface area (Å²) >= 11 is 5.15. The van der Waals surface area contributed by atoms with E-state index in [1.807, 2.05) is 0 Å². The highest BCUT2D eigenvalue weighted by Gasteiger charge is 2.26. The lowest BCUT2D eigenvalue weighted by Gasteiger charge is -2.07. The third-order valence-corrected chi connectivity index (χ3v) is 5.48. The van der Waals surface area contributed by atoms with Crippen LogP contribution in [-0.2, 0) is 19.6 Å². The molecule has 0 aliphatic carbocycles. The Hall–Kier alpha value is -2.10. The Morgan fingerprint density at radius 1 is 1.20 bits per heavy atom. The summed E-state index contributed by atoms with van der Waals surface area (Å²) in [5.41, 5.74) is 0.440. The van der Waals surface area contributed by atoms with Gasteiger partial charge in [0.25, 0.3) is 10.0 Å². The third kappa shape index (κ3) is 3.94. The van der Waals surface area contributed by atoms with Gasteiger partial charge in [-0.25, -0.2) is 12.7 Å². The van der Waals surface area contributed by atoms with E-state index in [1.54, 1.807) is 18.2 Å². The lowest BCUT2D eigenvalue weighted by molar-refractivity contribution is -0.132. The van der Waals surface area contributed by atoms with Crippen molar-refractivity contribution in [2.75, 3.05) is 21.2 Å². The number of nitrogens with zero attached hydrogens (tertiary/aromatic N) is 2. The van der Waals surface area contributed by atoms with Gasteiger partial charge in [-0.15, -0.1) is 0 Å². The topological polar surface area (TPSA) is 97.1 Å². The zero-order chi connectivity index (χ0) is 18.8. The molecule has 0 atom stereocenters. The van der Waals surface area contributed by atoms with Gasteiger partial charge < -0.3 is 9.15 Å². The van der Waals surface area contributed by atoms with Crippen LogP contribution in [0.15, 0.2) is 33.8 Å². The molecule has 1 aliphatic heterocycles. The zero-order valence-corrected chi connectivity index (χ0v) is 15.4. The normalized spacial score (nSPS) is 14.8. The number of methoxy groups -OCH3 is 1. The van der Waals surface area contributed by atoms with Crippen molar-refractivity contribution in [2.45, 2.75) is 17.9 Å². The number of carbonyl (C=O) groups is 2. The van der Waals surface area contributed by atoms with Crippen LogP contribution in [0.25, 0.3) is 11.0 Å². The van der Waals surface area contributed by atoms with Gasteiger partial charge in [0.2, 0.25) is 16.9 Å². The molecule has 2 aromatic rings.